The first-order chi connectivity index (χ1) is 6.36. The van der Waals surface area contributed by atoms with E-state index >= 15 is 0 Å². The number of nitrogens with zero attached hydrogens (tertiary/aromatic N) is 1. The molecule has 0 atom stereocenters. The summed E-state index contributed by atoms with van der Waals surface area (Å²) in [6.07, 6.45) is 2.29. The SMILES string of the molecule is CCOC(Cc1ccn[nH]1)OCC. The number of ether oxygens (including phenoxy) is 2. The topological polar surface area (TPSA) is 47.1 Å². The molecule has 0 aliphatic carbocycles. The van der Waals surface area contributed by atoms with Crippen LogP contribution in [-0.2, 0) is 15.9 Å². The van der Waals surface area contributed by atoms with Crippen LogP contribution in [0.3, 0.4) is 0 Å². The standard InChI is InChI=1S/C9H16N2O2/c1-3-12-9(13-4-2)7-8-5-6-10-11-8/h5-6,9H,3-4,7H2,1-2H3,(H,10,11). The number of hydrogen-bond donors (Lipinski definition) is 1. The quantitative estimate of drug-likeness (QED) is 0.679. The fourth-order valence-electron chi connectivity index (χ4n) is 1.12. The highest BCUT2D eigenvalue weighted by molar-refractivity contribution is 4.97. The summed E-state index contributed by atoms with van der Waals surface area (Å²) in [5.41, 5.74) is 1.03. The molecular weight excluding hydrogens is 168 g/mol. The minimum Gasteiger partial charge on any atom is -0.353 e. The molecule has 1 aromatic heterocycles. The van der Waals surface area contributed by atoms with E-state index in [4.69, 9.17) is 9.47 Å². The summed E-state index contributed by atoms with van der Waals surface area (Å²) in [5.74, 6) is 0. The molecule has 13 heavy (non-hydrogen) atoms. The van der Waals surface area contributed by atoms with Gasteiger partial charge in [0.15, 0.2) is 6.29 Å². The maximum atomic E-state index is 5.39. The van der Waals surface area contributed by atoms with Gasteiger partial charge in [-0.1, -0.05) is 0 Å². The van der Waals surface area contributed by atoms with Crippen LogP contribution in [0.2, 0.25) is 0 Å². The number of aromatic nitrogens is 2. The van der Waals surface area contributed by atoms with Gasteiger partial charge in [0.1, 0.15) is 0 Å². The van der Waals surface area contributed by atoms with E-state index in [1.54, 1.807) is 6.20 Å². The van der Waals surface area contributed by atoms with Gasteiger partial charge < -0.3 is 9.47 Å². The lowest BCUT2D eigenvalue weighted by Gasteiger charge is -2.15. The third-order valence-corrected chi connectivity index (χ3v) is 1.65. The van der Waals surface area contributed by atoms with E-state index in [0.717, 1.165) is 12.1 Å². The average Bonchev–Trinajstić information content (AvgIpc) is 2.58. The van der Waals surface area contributed by atoms with Crippen molar-refractivity contribution in [3.63, 3.8) is 0 Å². The van der Waals surface area contributed by atoms with Crippen molar-refractivity contribution in [2.45, 2.75) is 26.6 Å². The van der Waals surface area contributed by atoms with Crippen molar-refractivity contribution in [2.75, 3.05) is 13.2 Å². The van der Waals surface area contributed by atoms with Crippen LogP contribution in [0.5, 0.6) is 0 Å². The molecule has 1 aromatic rings. The van der Waals surface area contributed by atoms with Gasteiger partial charge in [0.2, 0.25) is 0 Å². The minimum absolute atomic E-state index is 0.157. The summed E-state index contributed by atoms with van der Waals surface area (Å²) >= 11 is 0. The van der Waals surface area contributed by atoms with Crippen molar-refractivity contribution in [1.82, 2.24) is 10.2 Å². The van der Waals surface area contributed by atoms with E-state index < -0.39 is 0 Å². The van der Waals surface area contributed by atoms with Crippen LogP contribution in [0, 0.1) is 0 Å². The summed E-state index contributed by atoms with van der Waals surface area (Å²) in [4.78, 5) is 0. The Morgan fingerprint density at radius 3 is 2.54 bits per heavy atom. The number of nitrogens with one attached hydrogen (secondary N) is 1. The summed E-state index contributed by atoms with van der Waals surface area (Å²) in [5, 5.41) is 6.73. The Balaban J connectivity index is 2.37. The molecule has 4 heteroatoms. The maximum absolute atomic E-state index is 5.39. The van der Waals surface area contributed by atoms with E-state index in [0.29, 0.717) is 13.2 Å². The Labute approximate surface area is 78.2 Å². The lowest BCUT2D eigenvalue weighted by Crippen LogP contribution is -2.20. The van der Waals surface area contributed by atoms with Crippen LogP contribution < -0.4 is 0 Å². The normalized spacial score (nSPS) is 11.0. The molecular formula is C9H16N2O2. The molecule has 0 bridgehead atoms. The lowest BCUT2D eigenvalue weighted by atomic mass is 10.3. The predicted molar refractivity (Wildman–Crippen MR) is 49.3 cm³/mol. The summed E-state index contributed by atoms with van der Waals surface area (Å²) in [6, 6.07) is 1.92. The van der Waals surface area contributed by atoms with Gasteiger partial charge in [-0.15, -0.1) is 0 Å². The van der Waals surface area contributed by atoms with E-state index in [1.165, 1.54) is 0 Å². The molecule has 0 amide bonds. The molecule has 0 unspecified atom stereocenters. The van der Waals surface area contributed by atoms with Crippen molar-refractivity contribution in [3.05, 3.63) is 18.0 Å². The third-order valence-electron chi connectivity index (χ3n) is 1.65. The van der Waals surface area contributed by atoms with Gasteiger partial charge in [-0.2, -0.15) is 5.10 Å². The Morgan fingerprint density at radius 1 is 1.38 bits per heavy atom. The molecule has 0 radical (unpaired) electrons. The van der Waals surface area contributed by atoms with Gasteiger partial charge in [0.25, 0.3) is 0 Å². The highest BCUT2D eigenvalue weighted by atomic mass is 16.7. The maximum Gasteiger partial charge on any atom is 0.163 e. The first-order valence-corrected chi connectivity index (χ1v) is 4.58. The van der Waals surface area contributed by atoms with Gasteiger partial charge in [-0.05, 0) is 19.9 Å². The van der Waals surface area contributed by atoms with E-state index in [9.17, 15) is 0 Å². The highest BCUT2D eigenvalue weighted by Crippen LogP contribution is 2.03. The molecule has 0 saturated carbocycles. The third kappa shape index (κ3) is 3.57. The molecule has 0 fully saturated rings. The Hall–Kier alpha value is -0.870. The smallest absolute Gasteiger partial charge is 0.163 e. The minimum atomic E-state index is -0.157. The zero-order chi connectivity index (χ0) is 9.52. The zero-order valence-corrected chi connectivity index (χ0v) is 8.12. The fraction of sp³-hybridized carbons (Fsp3) is 0.667. The second kappa shape index (κ2) is 5.72. The molecule has 1 rings (SSSR count). The molecule has 0 saturated heterocycles. The first kappa shape index (κ1) is 10.2. The molecule has 0 spiro atoms. The molecule has 0 aliphatic heterocycles. The van der Waals surface area contributed by atoms with Crippen molar-refractivity contribution in [1.29, 1.82) is 0 Å². The second-order valence-corrected chi connectivity index (χ2v) is 2.63. The monoisotopic (exact) mass is 184 g/mol. The second-order valence-electron chi connectivity index (χ2n) is 2.63. The first-order valence-electron chi connectivity index (χ1n) is 4.58. The highest BCUT2D eigenvalue weighted by Gasteiger charge is 2.09. The van der Waals surface area contributed by atoms with E-state index in [2.05, 4.69) is 10.2 Å². The molecule has 0 aromatic carbocycles. The number of rotatable bonds is 6. The molecule has 1 heterocycles. The Bertz CT molecular complexity index is 205. The van der Waals surface area contributed by atoms with Crippen LogP contribution >= 0.6 is 0 Å². The Morgan fingerprint density at radius 2 is 2.08 bits per heavy atom. The summed E-state index contributed by atoms with van der Waals surface area (Å²) in [7, 11) is 0. The van der Waals surface area contributed by atoms with Crippen molar-refractivity contribution in [2.24, 2.45) is 0 Å². The van der Waals surface area contributed by atoms with Gasteiger partial charge in [-0.3, -0.25) is 5.10 Å². The number of aromatic amines is 1. The lowest BCUT2D eigenvalue weighted by molar-refractivity contribution is -0.135. The van der Waals surface area contributed by atoms with Crippen LogP contribution in [0.4, 0.5) is 0 Å². The van der Waals surface area contributed by atoms with Crippen molar-refractivity contribution < 1.29 is 9.47 Å². The van der Waals surface area contributed by atoms with E-state index in [-0.39, 0.29) is 6.29 Å². The summed E-state index contributed by atoms with van der Waals surface area (Å²) in [6.45, 7) is 5.25. The van der Waals surface area contributed by atoms with Crippen molar-refractivity contribution in [3.8, 4) is 0 Å². The van der Waals surface area contributed by atoms with Gasteiger partial charge >= 0.3 is 0 Å². The molecule has 74 valence electrons. The number of hydrogen-bond acceptors (Lipinski definition) is 3. The predicted octanol–water partition coefficient (Wildman–Crippen LogP) is 1.35. The molecule has 4 nitrogen and oxygen atoms in total. The summed E-state index contributed by atoms with van der Waals surface area (Å²) < 4.78 is 10.8. The van der Waals surface area contributed by atoms with Gasteiger partial charge in [-0.25, -0.2) is 0 Å². The van der Waals surface area contributed by atoms with Crippen LogP contribution in [0.1, 0.15) is 19.5 Å². The van der Waals surface area contributed by atoms with Gasteiger partial charge in [0, 0.05) is 31.5 Å². The molecule has 1 N–H and O–H groups in total. The fourth-order valence-corrected chi connectivity index (χ4v) is 1.12. The van der Waals surface area contributed by atoms with E-state index in [1.807, 2.05) is 19.9 Å². The Kier molecular flexibility index (Phi) is 4.49. The average molecular weight is 184 g/mol. The van der Waals surface area contributed by atoms with Gasteiger partial charge in [0.05, 0.1) is 0 Å². The van der Waals surface area contributed by atoms with Crippen molar-refractivity contribution >= 4 is 0 Å². The number of H-pyrrole nitrogens is 1. The zero-order valence-electron chi connectivity index (χ0n) is 8.12. The molecule has 0 aliphatic rings. The van der Waals surface area contributed by atoms with Crippen LogP contribution in [0.25, 0.3) is 0 Å². The van der Waals surface area contributed by atoms with Crippen LogP contribution in [0.15, 0.2) is 12.3 Å². The largest absolute Gasteiger partial charge is 0.353 e. The van der Waals surface area contributed by atoms with Crippen LogP contribution in [-0.4, -0.2) is 29.7 Å².